The Morgan fingerprint density at radius 1 is 1.23 bits per heavy atom. The second-order valence-corrected chi connectivity index (χ2v) is 7.69. The average Bonchev–Trinajstić information content (AvgIpc) is 3.12. The summed E-state index contributed by atoms with van der Waals surface area (Å²) in [5.41, 5.74) is 2.33. The van der Waals surface area contributed by atoms with Gasteiger partial charge in [0.1, 0.15) is 11.6 Å². The van der Waals surface area contributed by atoms with Crippen LogP contribution in [0.4, 0.5) is 4.39 Å². The van der Waals surface area contributed by atoms with Crippen molar-refractivity contribution in [2.24, 2.45) is 0 Å². The molecule has 3 aromatic rings. The molecule has 0 aliphatic heterocycles. The van der Waals surface area contributed by atoms with Crippen molar-refractivity contribution in [2.75, 3.05) is 13.2 Å². The van der Waals surface area contributed by atoms with Crippen molar-refractivity contribution in [3.05, 3.63) is 57.9 Å². The van der Waals surface area contributed by atoms with Crippen molar-refractivity contribution in [1.29, 1.82) is 0 Å². The van der Waals surface area contributed by atoms with Gasteiger partial charge in [-0.05, 0) is 64.6 Å². The molecular formula is C18H16BrClFN3OS. The quantitative estimate of drug-likeness (QED) is 0.334. The first-order valence-electron chi connectivity index (χ1n) is 7.89. The Bertz CT molecular complexity index is 906. The first kappa shape index (κ1) is 19.4. The van der Waals surface area contributed by atoms with E-state index in [1.54, 1.807) is 12.3 Å². The van der Waals surface area contributed by atoms with Crippen LogP contribution in [0.25, 0.3) is 22.6 Å². The third-order valence-corrected chi connectivity index (χ3v) is 5.62. The zero-order chi connectivity index (χ0) is 18.5. The third-order valence-electron chi connectivity index (χ3n) is 3.63. The number of nitrogens with zero attached hydrogens (tertiary/aromatic N) is 1. The number of hydrogen-bond acceptors (Lipinski definition) is 4. The lowest BCUT2D eigenvalue weighted by Gasteiger charge is -2.07. The van der Waals surface area contributed by atoms with Crippen LogP contribution in [0.1, 0.15) is 6.42 Å². The summed E-state index contributed by atoms with van der Waals surface area (Å²) in [6.45, 7) is 0.828. The molecule has 0 fully saturated rings. The Morgan fingerprint density at radius 3 is 2.81 bits per heavy atom. The van der Waals surface area contributed by atoms with E-state index in [9.17, 15) is 4.39 Å². The van der Waals surface area contributed by atoms with Crippen LogP contribution in [-0.2, 0) is 0 Å². The minimum Gasteiger partial charge on any atom is -0.396 e. The normalized spacial score (nSPS) is 11.1. The Balaban J connectivity index is 1.81. The van der Waals surface area contributed by atoms with E-state index in [-0.39, 0.29) is 12.4 Å². The highest BCUT2D eigenvalue weighted by atomic mass is 79.9. The van der Waals surface area contributed by atoms with E-state index in [4.69, 9.17) is 16.7 Å². The molecule has 0 unspecified atom stereocenters. The number of halogens is 3. The SMILES string of the molecule is OCCCNSc1cc(-c2ncc(-c3ccc(Br)c(F)c3)[nH]2)ccc1Cl. The summed E-state index contributed by atoms with van der Waals surface area (Å²) in [6.07, 6.45) is 2.36. The van der Waals surface area contributed by atoms with E-state index in [1.807, 2.05) is 24.3 Å². The molecule has 0 saturated heterocycles. The number of nitrogens with one attached hydrogen (secondary N) is 2. The molecule has 0 aliphatic carbocycles. The summed E-state index contributed by atoms with van der Waals surface area (Å²) in [5, 5.41) is 9.46. The molecule has 26 heavy (non-hydrogen) atoms. The minimum atomic E-state index is -0.321. The van der Waals surface area contributed by atoms with Crippen LogP contribution in [0, 0.1) is 5.82 Å². The van der Waals surface area contributed by atoms with Gasteiger partial charge in [0, 0.05) is 29.2 Å². The average molecular weight is 457 g/mol. The van der Waals surface area contributed by atoms with E-state index < -0.39 is 0 Å². The maximum Gasteiger partial charge on any atom is 0.138 e. The Hall–Kier alpha value is -1.38. The molecule has 3 rings (SSSR count). The van der Waals surface area contributed by atoms with Crippen LogP contribution >= 0.6 is 39.5 Å². The van der Waals surface area contributed by atoms with E-state index in [2.05, 4.69) is 30.6 Å². The molecule has 3 N–H and O–H groups in total. The van der Waals surface area contributed by atoms with Crippen molar-refractivity contribution < 1.29 is 9.50 Å². The molecule has 136 valence electrons. The van der Waals surface area contributed by atoms with Crippen LogP contribution in [0.2, 0.25) is 5.02 Å². The van der Waals surface area contributed by atoms with Crippen molar-refractivity contribution >= 4 is 39.5 Å². The Morgan fingerprint density at radius 2 is 2.04 bits per heavy atom. The van der Waals surface area contributed by atoms with E-state index >= 15 is 0 Å². The highest BCUT2D eigenvalue weighted by Crippen LogP contribution is 2.31. The fourth-order valence-electron chi connectivity index (χ4n) is 2.29. The number of aliphatic hydroxyl groups is 1. The van der Waals surface area contributed by atoms with Crippen molar-refractivity contribution in [2.45, 2.75) is 11.3 Å². The fourth-order valence-corrected chi connectivity index (χ4v) is 3.52. The maximum absolute atomic E-state index is 13.7. The van der Waals surface area contributed by atoms with Crippen LogP contribution in [0.15, 0.2) is 52.0 Å². The summed E-state index contributed by atoms with van der Waals surface area (Å²) in [4.78, 5) is 8.49. The Labute approximate surface area is 168 Å². The van der Waals surface area contributed by atoms with Gasteiger partial charge < -0.3 is 10.1 Å². The van der Waals surface area contributed by atoms with Crippen LogP contribution in [-0.4, -0.2) is 28.2 Å². The van der Waals surface area contributed by atoms with Gasteiger partial charge in [0.05, 0.1) is 21.4 Å². The lowest BCUT2D eigenvalue weighted by Crippen LogP contribution is -2.06. The molecule has 1 aromatic heterocycles. The van der Waals surface area contributed by atoms with Crippen molar-refractivity contribution in [3.63, 3.8) is 0 Å². The highest BCUT2D eigenvalue weighted by molar-refractivity contribution is 9.10. The predicted octanol–water partition coefficient (Wildman–Crippen LogP) is 5.28. The molecule has 4 nitrogen and oxygen atoms in total. The molecule has 0 atom stereocenters. The fraction of sp³-hybridized carbons (Fsp3) is 0.167. The molecular weight excluding hydrogens is 441 g/mol. The molecule has 0 radical (unpaired) electrons. The first-order valence-corrected chi connectivity index (χ1v) is 9.88. The summed E-state index contributed by atoms with van der Waals surface area (Å²) < 4.78 is 17.3. The van der Waals surface area contributed by atoms with Crippen LogP contribution in [0.5, 0.6) is 0 Å². The van der Waals surface area contributed by atoms with Crippen LogP contribution < -0.4 is 4.72 Å². The van der Waals surface area contributed by atoms with E-state index in [0.717, 1.165) is 21.7 Å². The number of H-pyrrole nitrogens is 1. The Kier molecular flexibility index (Phi) is 6.72. The van der Waals surface area contributed by atoms with Gasteiger partial charge in [0.25, 0.3) is 0 Å². The predicted molar refractivity (Wildman–Crippen MR) is 108 cm³/mol. The zero-order valence-corrected chi connectivity index (χ0v) is 16.8. The molecule has 0 amide bonds. The summed E-state index contributed by atoms with van der Waals surface area (Å²) >= 11 is 10.8. The number of imidazole rings is 1. The van der Waals surface area contributed by atoms with Gasteiger partial charge in [-0.25, -0.2) is 9.37 Å². The lowest BCUT2D eigenvalue weighted by molar-refractivity contribution is 0.290. The van der Waals surface area contributed by atoms with Gasteiger partial charge >= 0.3 is 0 Å². The first-order chi connectivity index (χ1) is 12.6. The lowest BCUT2D eigenvalue weighted by atomic mass is 10.2. The summed E-state index contributed by atoms with van der Waals surface area (Å²) in [6, 6.07) is 10.6. The molecule has 0 bridgehead atoms. The number of aromatic amines is 1. The molecule has 1 heterocycles. The largest absolute Gasteiger partial charge is 0.396 e. The van der Waals surface area contributed by atoms with Crippen molar-refractivity contribution in [3.8, 4) is 22.6 Å². The van der Waals surface area contributed by atoms with Gasteiger partial charge in [-0.2, -0.15) is 0 Å². The minimum absolute atomic E-state index is 0.146. The molecule has 0 aliphatic rings. The summed E-state index contributed by atoms with van der Waals surface area (Å²) in [7, 11) is 0. The van der Waals surface area contributed by atoms with Gasteiger partial charge in [0.15, 0.2) is 0 Å². The second kappa shape index (κ2) is 9.01. The van der Waals surface area contributed by atoms with Crippen LogP contribution in [0.3, 0.4) is 0 Å². The third kappa shape index (κ3) is 4.66. The summed E-state index contributed by atoms with van der Waals surface area (Å²) in [5.74, 6) is 0.356. The van der Waals surface area contributed by atoms with Gasteiger partial charge in [-0.3, -0.25) is 4.72 Å². The second-order valence-electron chi connectivity index (χ2n) is 5.49. The number of hydrogen-bond donors (Lipinski definition) is 3. The maximum atomic E-state index is 13.7. The molecule has 0 spiro atoms. The van der Waals surface area contributed by atoms with Gasteiger partial charge in [-0.15, -0.1) is 0 Å². The molecule has 8 heteroatoms. The topological polar surface area (TPSA) is 60.9 Å². The van der Waals surface area contributed by atoms with Gasteiger partial charge in [-0.1, -0.05) is 17.7 Å². The smallest absolute Gasteiger partial charge is 0.138 e. The zero-order valence-electron chi connectivity index (χ0n) is 13.6. The van der Waals surface area contributed by atoms with E-state index in [0.29, 0.717) is 28.3 Å². The standard InChI is InChI=1S/C18H16BrClFN3OS/c19-13-4-2-11(8-15(13)21)16-10-22-18(24-16)12-3-5-14(20)17(9-12)26-23-6-1-7-25/h2-5,8-10,23,25H,1,6-7H2,(H,22,24). The van der Waals surface area contributed by atoms with Crippen molar-refractivity contribution in [1.82, 2.24) is 14.7 Å². The van der Waals surface area contributed by atoms with Gasteiger partial charge in [0.2, 0.25) is 0 Å². The number of aromatic nitrogens is 2. The number of rotatable bonds is 7. The number of aliphatic hydroxyl groups excluding tert-OH is 1. The highest BCUT2D eigenvalue weighted by Gasteiger charge is 2.10. The molecule has 2 aromatic carbocycles. The monoisotopic (exact) mass is 455 g/mol. The van der Waals surface area contributed by atoms with E-state index in [1.165, 1.54) is 18.0 Å². The number of benzene rings is 2. The molecule has 0 saturated carbocycles.